The van der Waals surface area contributed by atoms with Gasteiger partial charge in [-0.05, 0) is 50.3 Å². The minimum absolute atomic E-state index is 0.204. The van der Waals surface area contributed by atoms with Gasteiger partial charge in [0.2, 0.25) is 0 Å². The number of primary amides is 1. The second-order valence-corrected chi connectivity index (χ2v) is 7.56. The molecule has 1 heterocycles. The van der Waals surface area contributed by atoms with Crippen LogP contribution in [0.1, 0.15) is 24.2 Å². The van der Waals surface area contributed by atoms with Gasteiger partial charge in [0.25, 0.3) is 5.91 Å². The molecule has 0 spiro atoms. The van der Waals surface area contributed by atoms with Crippen LogP contribution in [0.2, 0.25) is 5.02 Å². The number of benzene rings is 2. The maximum Gasteiger partial charge on any atom is 0.252 e. The third-order valence-corrected chi connectivity index (χ3v) is 4.66. The summed E-state index contributed by atoms with van der Waals surface area (Å²) in [6.45, 7) is 3.98. The SMILES string of the molecule is COc1cc2nccc(Oc3ccc(NC(=S)NC(C)C)c(Cl)c3)c2cc1C(N)=O. The fourth-order valence-electron chi connectivity index (χ4n) is 2.81. The van der Waals surface area contributed by atoms with Crippen molar-refractivity contribution in [2.24, 2.45) is 5.73 Å². The summed E-state index contributed by atoms with van der Waals surface area (Å²) >= 11 is 11.6. The molecule has 0 saturated heterocycles. The van der Waals surface area contributed by atoms with Crippen molar-refractivity contribution in [3.8, 4) is 17.2 Å². The second-order valence-electron chi connectivity index (χ2n) is 6.74. The summed E-state index contributed by atoms with van der Waals surface area (Å²) in [6, 6.07) is 10.4. The molecule has 4 N–H and O–H groups in total. The van der Waals surface area contributed by atoms with Crippen LogP contribution in [0.4, 0.5) is 5.69 Å². The predicted octanol–water partition coefficient (Wildman–Crippen LogP) is 4.48. The van der Waals surface area contributed by atoms with Crippen LogP contribution in [0.25, 0.3) is 10.9 Å². The summed E-state index contributed by atoms with van der Waals surface area (Å²) in [5.74, 6) is 0.758. The number of aromatic nitrogens is 1. The largest absolute Gasteiger partial charge is 0.496 e. The summed E-state index contributed by atoms with van der Waals surface area (Å²) in [6.07, 6.45) is 1.61. The van der Waals surface area contributed by atoms with E-state index in [1.807, 2.05) is 13.8 Å². The lowest BCUT2D eigenvalue weighted by molar-refractivity contribution is 0.0997. The van der Waals surface area contributed by atoms with Crippen LogP contribution in [0.5, 0.6) is 17.2 Å². The Labute approximate surface area is 184 Å². The molecule has 156 valence electrons. The molecule has 2 aromatic carbocycles. The quantitative estimate of drug-likeness (QED) is 0.482. The molecule has 0 saturated carbocycles. The van der Waals surface area contributed by atoms with Crippen molar-refractivity contribution in [1.82, 2.24) is 10.3 Å². The van der Waals surface area contributed by atoms with Gasteiger partial charge in [0.05, 0.1) is 28.9 Å². The number of fused-ring (bicyclic) bond motifs is 1. The molecule has 3 rings (SSSR count). The molecule has 1 aromatic heterocycles. The number of anilines is 1. The summed E-state index contributed by atoms with van der Waals surface area (Å²) in [5.41, 5.74) is 6.97. The molecular formula is C21H21ClN4O3S. The van der Waals surface area contributed by atoms with Gasteiger partial charge < -0.3 is 25.8 Å². The second kappa shape index (κ2) is 9.15. The topological polar surface area (TPSA) is 98.5 Å². The minimum atomic E-state index is -0.604. The Morgan fingerprint density at radius 3 is 2.60 bits per heavy atom. The van der Waals surface area contributed by atoms with Gasteiger partial charge in [0.15, 0.2) is 5.11 Å². The van der Waals surface area contributed by atoms with Gasteiger partial charge >= 0.3 is 0 Å². The highest BCUT2D eigenvalue weighted by Crippen LogP contribution is 2.35. The van der Waals surface area contributed by atoms with Crippen LogP contribution in [0, 0.1) is 0 Å². The molecule has 0 unspecified atom stereocenters. The van der Waals surface area contributed by atoms with E-state index in [1.54, 1.807) is 42.6 Å². The van der Waals surface area contributed by atoms with Crippen molar-refractivity contribution in [1.29, 1.82) is 0 Å². The van der Waals surface area contributed by atoms with Crippen molar-refractivity contribution >= 4 is 51.4 Å². The number of pyridine rings is 1. The van der Waals surface area contributed by atoms with E-state index < -0.39 is 5.91 Å². The molecule has 1 amide bonds. The lowest BCUT2D eigenvalue weighted by atomic mass is 10.1. The first-order valence-corrected chi connectivity index (χ1v) is 9.88. The Bertz CT molecular complexity index is 1120. The molecule has 9 heteroatoms. The highest BCUT2D eigenvalue weighted by Gasteiger charge is 2.15. The number of carbonyl (C=O) groups excluding carboxylic acids is 1. The molecule has 30 heavy (non-hydrogen) atoms. The number of hydrogen-bond donors (Lipinski definition) is 3. The number of methoxy groups -OCH3 is 1. The van der Waals surface area contributed by atoms with Crippen LogP contribution < -0.4 is 25.8 Å². The molecular weight excluding hydrogens is 424 g/mol. The summed E-state index contributed by atoms with van der Waals surface area (Å²) in [7, 11) is 1.47. The molecule has 3 aromatic rings. The third kappa shape index (κ3) is 4.90. The average molecular weight is 445 g/mol. The zero-order valence-corrected chi connectivity index (χ0v) is 18.2. The number of carbonyl (C=O) groups is 1. The first kappa shape index (κ1) is 21.6. The zero-order chi connectivity index (χ0) is 21.8. The standard InChI is InChI=1S/C21H21ClN4O3S/c1-11(2)25-21(30)26-16-5-4-12(8-15(16)22)29-18-6-7-24-17-10-19(28-3)14(20(23)27)9-13(17)18/h4-11H,1-3H3,(H2,23,27)(H2,25,26,30). The van der Waals surface area contributed by atoms with E-state index in [4.69, 9.17) is 39.0 Å². The van der Waals surface area contributed by atoms with Gasteiger partial charge in [0, 0.05) is 29.8 Å². The number of nitrogens with one attached hydrogen (secondary N) is 2. The average Bonchev–Trinajstić information content (AvgIpc) is 2.68. The van der Waals surface area contributed by atoms with Crippen LogP contribution in [-0.2, 0) is 0 Å². The van der Waals surface area contributed by atoms with E-state index in [-0.39, 0.29) is 11.6 Å². The summed E-state index contributed by atoms with van der Waals surface area (Å²) in [4.78, 5) is 16.1. The number of thiocarbonyl (C=S) groups is 1. The van der Waals surface area contributed by atoms with E-state index in [1.165, 1.54) is 7.11 Å². The Kier molecular flexibility index (Phi) is 6.59. The van der Waals surface area contributed by atoms with E-state index in [0.717, 1.165) is 0 Å². The fourth-order valence-corrected chi connectivity index (χ4v) is 3.37. The number of ether oxygens (including phenoxy) is 2. The van der Waals surface area contributed by atoms with E-state index in [2.05, 4.69) is 15.6 Å². The van der Waals surface area contributed by atoms with Crippen molar-refractivity contribution in [3.05, 3.63) is 53.2 Å². The molecule has 0 fully saturated rings. The van der Waals surface area contributed by atoms with E-state index in [9.17, 15) is 4.79 Å². The van der Waals surface area contributed by atoms with Crippen molar-refractivity contribution in [2.45, 2.75) is 19.9 Å². The molecule has 0 aliphatic rings. The molecule has 0 aliphatic carbocycles. The lowest BCUT2D eigenvalue weighted by Crippen LogP contribution is -2.33. The summed E-state index contributed by atoms with van der Waals surface area (Å²) in [5, 5.41) is 7.69. The van der Waals surface area contributed by atoms with Crippen LogP contribution >= 0.6 is 23.8 Å². The Morgan fingerprint density at radius 1 is 1.20 bits per heavy atom. The van der Waals surface area contributed by atoms with Gasteiger partial charge in [-0.2, -0.15) is 0 Å². The Hall–Kier alpha value is -3.10. The van der Waals surface area contributed by atoms with Crippen molar-refractivity contribution in [2.75, 3.05) is 12.4 Å². The first-order chi connectivity index (χ1) is 14.3. The Morgan fingerprint density at radius 2 is 1.97 bits per heavy atom. The normalized spacial score (nSPS) is 10.7. The molecule has 7 nitrogen and oxygen atoms in total. The smallest absolute Gasteiger partial charge is 0.252 e. The van der Waals surface area contributed by atoms with Crippen molar-refractivity contribution < 1.29 is 14.3 Å². The first-order valence-electron chi connectivity index (χ1n) is 9.10. The zero-order valence-electron chi connectivity index (χ0n) is 16.7. The van der Waals surface area contributed by atoms with E-state index in [0.29, 0.717) is 44.0 Å². The van der Waals surface area contributed by atoms with Gasteiger partial charge in [-0.3, -0.25) is 9.78 Å². The maximum atomic E-state index is 11.8. The van der Waals surface area contributed by atoms with E-state index >= 15 is 0 Å². The Balaban J connectivity index is 1.91. The lowest BCUT2D eigenvalue weighted by Gasteiger charge is -2.15. The third-order valence-electron chi connectivity index (χ3n) is 4.12. The van der Waals surface area contributed by atoms with Crippen LogP contribution in [0.15, 0.2) is 42.6 Å². The van der Waals surface area contributed by atoms with Gasteiger partial charge in [0.1, 0.15) is 17.2 Å². The van der Waals surface area contributed by atoms with Gasteiger partial charge in [-0.1, -0.05) is 11.6 Å². The minimum Gasteiger partial charge on any atom is -0.496 e. The molecule has 0 aliphatic heterocycles. The van der Waals surface area contributed by atoms with Crippen LogP contribution in [-0.4, -0.2) is 29.2 Å². The maximum absolute atomic E-state index is 11.8. The van der Waals surface area contributed by atoms with Gasteiger partial charge in [-0.15, -0.1) is 0 Å². The number of nitrogens with two attached hydrogens (primary N) is 1. The molecule has 0 bridgehead atoms. The number of nitrogens with zero attached hydrogens (tertiary/aromatic N) is 1. The highest BCUT2D eigenvalue weighted by atomic mass is 35.5. The number of rotatable bonds is 6. The molecule has 0 radical (unpaired) electrons. The fraction of sp³-hybridized carbons (Fsp3) is 0.190. The summed E-state index contributed by atoms with van der Waals surface area (Å²) < 4.78 is 11.2. The number of hydrogen-bond acceptors (Lipinski definition) is 5. The molecule has 0 atom stereocenters. The number of halogens is 1. The van der Waals surface area contributed by atoms with Crippen molar-refractivity contribution in [3.63, 3.8) is 0 Å². The highest BCUT2D eigenvalue weighted by molar-refractivity contribution is 7.80. The monoisotopic (exact) mass is 444 g/mol. The predicted molar refractivity (Wildman–Crippen MR) is 123 cm³/mol. The van der Waals surface area contributed by atoms with Crippen LogP contribution in [0.3, 0.4) is 0 Å². The van der Waals surface area contributed by atoms with Gasteiger partial charge in [-0.25, -0.2) is 0 Å². The number of amides is 1.